The highest BCUT2D eigenvalue weighted by Gasteiger charge is 2.34. The highest BCUT2D eigenvalue weighted by molar-refractivity contribution is 7.89. The normalized spacial score (nSPS) is 18.5. The van der Waals surface area contributed by atoms with Gasteiger partial charge in [-0.25, -0.2) is 12.7 Å². The van der Waals surface area contributed by atoms with Crippen LogP contribution in [0.15, 0.2) is 0 Å². The molecule has 0 aliphatic heterocycles. The summed E-state index contributed by atoms with van der Waals surface area (Å²) in [5.41, 5.74) is 0. The second kappa shape index (κ2) is 5.12. The van der Waals surface area contributed by atoms with E-state index in [9.17, 15) is 8.42 Å². The van der Waals surface area contributed by atoms with E-state index in [4.69, 9.17) is 0 Å². The maximum atomic E-state index is 12.0. The molecule has 1 saturated carbocycles. The Morgan fingerprint density at radius 1 is 1.29 bits per heavy atom. The summed E-state index contributed by atoms with van der Waals surface area (Å²) >= 11 is 0. The molecule has 0 atom stereocenters. The third-order valence-corrected chi connectivity index (χ3v) is 5.42. The number of unbranched alkanes of at least 4 members (excludes halogenated alkanes) is 1. The Morgan fingerprint density at radius 2 is 1.93 bits per heavy atom. The summed E-state index contributed by atoms with van der Waals surface area (Å²) in [6, 6.07) is 0. The number of hydrogen-bond acceptors (Lipinski definition) is 2. The van der Waals surface area contributed by atoms with Crippen molar-refractivity contribution in [3.63, 3.8) is 0 Å². The summed E-state index contributed by atoms with van der Waals surface area (Å²) in [6.07, 6.45) is 4.83. The molecule has 0 saturated heterocycles. The molecule has 0 heterocycles. The van der Waals surface area contributed by atoms with Gasteiger partial charge < -0.3 is 0 Å². The van der Waals surface area contributed by atoms with Crippen molar-refractivity contribution < 1.29 is 8.42 Å². The molecule has 4 heteroatoms. The average molecular weight is 219 g/mol. The van der Waals surface area contributed by atoms with Gasteiger partial charge in [0.05, 0.1) is 5.25 Å². The van der Waals surface area contributed by atoms with E-state index >= 15 is 0 Å². The third-order valence-electron chi connectivity index (χ3n) is 2.95. The Bertz CT molecular complexity index is 257. The lowest BCUT2D eigenvalue weighted by Crippen LogP contribution is -2.42. The van der Waals surface area contributed by atoms with Crippen molar-refractivity contribution in [1.82, 2.24) is 4.31 Å². The van der Waals surface area contributed by atoms with Crippen LogP contribution >= 0.6 is 0 Å². The quantitative estimate of drug-likeness (QED) is 0.685. The van der Waals surface area contributed by atoms with Crippen molar-refractivity contribution in [1.29, 1.82) is 0 Å². The summed E-state index contributed by atoms with van der Waals surface area (Å²) in [4.78, 5) is 0. The summed E-state index contributed by atoms with van der Waals surface area (Å²) in [7, 11) is -2.95. The van der Waals surface area contributed by atoms with Crippen LogP contribution in [0.5, 0.6) is 0 Å². The molecule has 1 rings (SSSR count). The standard InChI is InChI=1S/C10H21NO2S/c1-3-5-9-11(4-2)14(12,13)10-7-6-8-10/h10H,3-9H2,1-2H3. The SMILES string of the molecule is CCCCN(CC)S(=O)(=O)C1CCC1. The zero-order chi connectivity index (χ0) is 10.6. The molecule has 1 fully saturated rings. The van der Waals surface area contributed by atoms with Crippen LogP contribution in [0.4, 0.5) is 0 Å². The number of rotatable bonds is 6. The van der Waals surface area contributed by atoms with Crippen LogP contribution in [0.3, 0.4) is 0 Å². The molecule has 1 aliphatic rings. The summed E-state index contributed by atoms with van der Waals surface area (Å²) in [6.45, 7) is 5.33. The van der Waals surface area contributed by atoms with Gasteiger partial charge >= 0.3 is 0 Å². The van der Waals surface area contributed by atoms with Gasteiger partial charge in [-0.15, -0.1) is 0 Å². The summed E-state index contributed by atoms with van der Waals surface area (Å²) in [5, 5.41) is -0.0701. The van der Waals surface area contributed by atoms with Crippen molar-refractivity contribution in [2.24, 2.45) is 0 Å². The predicted octanol–water partition coefficient (Wildman–Crippen LogP) is 1.99. The fraction of sp³-hybridized carbons (Fsp3) is 1.00. The second-order valence-corrected chi connectivity index (χ2v) is 6.16. The molecule has 14 heavy (non-hydrogen) atoms. The monoisotopic (exact) mass is 219 g/mol. The molecular formula is C10H21NO2S. The van der Waals surface area contributed by atoms with Crippen LogP contribution < -0.4 is 0 Å². The zero-order valence-electron chi connectivity index (χ0n) is 9.20. The molecule has 3 nitrogen and oxygen atoms in total. The van der Waals surface area contributed by atoms with Crippen LogP contribution in [0, 0.1) is 0 Å². The van der Waals surface area contributed by atoms with Crippen molar-refractivity contribution in [3.05, 3.63) is 0 Å². The second-order valence-electron chi connectivity index (χ2n) is 3.94. The molecular weight excluding hydrogens is 198 g/mol. The van der Waals surface area contributed by atoms with Crippen molar-refractivity contribution in [2.75, 3.05) is 13.1 Å². The molecule has 0 spiro atoms. The Morgan fingerprint density at radius 3 is 2.29 bits per heavy atom. The van der Waals surface area contributed by atoms with Crippen molar-refractivity contribution >= 4 is 10.0 Å². The van der Waals surface area contributed by atoms with Gasteiger partial charge in [0.25, 0.3) is 0 Å². The van der Waals surface area contributed by atoms with Gasteiger partial charge in [-0.05, 0) is 19.3 Å². The Labute approximate surface area is 87.5 Å². The van der Waals surface area contributed by atoms with Gasteiger partial charge in [-0.1, -0.05) is 26.7 Å². The van der Waals surface area contributed by atoms with Gasteiger partial charge in [-0.3, -0.25) is 0 Å². The summed E-state index contributed by atoms with van der Waals surface area (Å²) < 4.78 is 25.6. The largest absolute Gasteiger partial charge is 0.216 e. The number of hydrogen-bond donors (Lipinski definition) is 0. The lowest BCUT2D eigenvalue weighted by atomic mass is 10.0. The third kappa shape index (κ3) is 2.48. The molecule has 0 aromatic heterocycles. The zero-order valence-corrected chi connectivity index (χ0v) is 10.0. The van der Waals surface area contributed by atoms with E-state index in [-0.39, 0.29) is 5.25 Å². The summed E-state index contributed by atoms with van der Waals surface area (Å²) in [5.74, 6) is 0. The Balaban J connectivity index is 2.57. The fourth-order valence-corrected chi connectivity index (χ4v) is 3.77. The number of nitrogens with zero attached hydrogens (tertiary/aromatic N) is 1. The molecule has 0 bridgehead atoms. The Hall–Kier alpha value is -0.0900. The maximum Gasteiger partial charge on any atom is 0.216 e. The lowest BCUT2D eigenvalue weighted by Gasteiger charge is -2.31. The van der Waals surface area contributed by atoms with Gasteiger partial charge in [0, 0.05) is 13.1 Å². The van der Waals surface area contributed by atoms with Crippen molar-refractivity contribution in [3.8, 4) is 0 Å². The fourth-order valence-electron chi connectivity index (χ4n) is 1.68. The van der Waals surface area contributed by atoms with Crippen LogP contribution in [-0.2, 0) is 10.0 Å². The molecule has 0 N–H and O–H groups in total. The van der Waals surface area contributed by atoms with Crippen molar-refractivity contribution in [2.45, 2.75) is 51.2 Å². The molecule has 0 aromatic rings. The van der Waals surface area contributed by atoms with Gasteiger partial charge in [0.1, 0.15) is 0 Å². The highest BCUT2D eigenvalue weighted by Crippen LogP contribution is 2.28. The van der Waals surface area contributed by atoms with E-state index in [0.717, 1.165) is 32.1 Å². The first-order chi connectivity index (χ1) is 6.62. The molecule has 1 aliphatic carbocycles. The van der Waals surface area contributed by atoms with Crippen LogP contribution in [0.25, 0.3) is 0 Å². The van der Waals surface area contributed by atoms with E-state index in [1.54, 1.807) is 4.31 Å². The maximum absolute atomic E-state index is 12.0. The highest BCUT2D eigenvalue weighted by atomic mass is 32.2. The lowest BCUT2D eigenvalue weighted by molar-refractivity contribution is 0.384. The molecule has 0 radical (unpaired) electrons. The van der Waals surface area contributed by atoms with E-state index in [2.05, 4.69) is 6.92 Å². The molecule has 0 amide bonds. The average Bonchev–Trinajstić information content (AvgIpc) is 2.01. The molecule has 0 unspecified atom stereocenters. The minimum absolute atomic E-state index is 0.0701. The van der Waals surface area contributed by atoms with Gasteiger partial charge in [-0.2, -0.15) is 0 Å². The smallest absolute Gasteiger partial charge is 0.212 e. The minimum Gasteiger partial charge on any atom is -0.212 e. The van der Waals surface area contributed by atoms with Gasteiger partial charge in [0.2, 0.25) is 10.0 Å². The van der Waals surface area contributed by atoms with E-state index in [0.29, 0.717) is 13.1 Å². The first kappa shape index (κ1) is 12.0. The van der Waals surface area contributed by atoms with Crippen LogP contribution in [0.2, 0.25) is 0 Å². The minimum atomic E-state index is -2.95. The van der Waals surface area contributed by atoms with Crippen LogP contribution in [0.1, 0.15) is 46.0 Å². The topological polar surface area (TPSA) is 37.4 Å². The van der Waals surface area contributed by atoms with E-state index in [1.165, 1.54) is 0 Å². The van der Waals surface area contributed by atoms with Gasteiger partial charge in [0.15, 0.2) is 0 Å². The molecule has 0 aromatic carbocycles. The van der Waals surface area contributed by atoms with E-state index < -0.39 is 10.0 Å². The first-order valence-electron chi connectivity index (χ1n) is 5.61. The predicted molar refractivity (Wildman–Crippen MR) is 58.7 cm³/mol. The van der Waals surface area contributed by atoms with E-state index in [1.807, 2.05) is 6.92 Å². The number of sulfonamides is 1. The molecule has 84 valence electrons. The first-order valence-corrected chi connectivity index (χ1v) is 7.12. The van der Waals surface area contributed by atoms with Crippen LogP contribution in [-0.4, -0.2) is 31.1 Å². The Kier molecular flexibility index (Phi) is 4.38.